The summed E-state index contributed by atoms with van der Waals surface area (Å²) in [6.07, 6.45) is 10.0. The van der Waals surface area contributed by atoms with Gasteiger partial charge in [-0.2, -0.15) is 0 Å². The average Bonchev–Trinajstić information content (AvgIpc) is 3.16. The van der Waals surface area contributed by atoms with Gasteiger partial charge >= 0.3 is 5.97 Å². The Kier molecular flexibility index (Phi) is 3.19. The highest BCUT2D eigenvalue weighted by atomic mass is 16.7. The molecule has 4 aliphatic carbocycles. The van der Waals surface area contributed by atoms with Gasteiger partial charge in [0.25, 0.3) is 0 Å². The van der Waals surface area contributed by atoms with E-state index >= 15 is 0 Å². The fourth-order valence-electron chi connectivity index (χ4n) is 7.29. The number of fused-ring (bicyclic) bond motifs is 7. The number of aliphatic hydroxyl groups is 1. The van der Waals surface area contributed by atoms with Crippen molar-refractivity contribution in [3.05, 3.63) is 11.6 Å². The van der Waals surface area contributed by atoms with Crippen molar-refractivity contribution in [1.29, 1.82) is 0 Å². The smallest absolute Gasteiger partial charge is 0.302 e. The van der Waals surface area contributed by atoms with Crippen LogP contribution in [0, 0.1) is 28.6 Å². The Bertz CT molecular complexity index is 656. The molecular formula is C21H30O4. The van der Waals surface area contributed by atoms with E-state index in [4.69, 9.17) is 9.47 Å². The number of hydrogen-bond donors (Lipinski definition) is 1. The zero-order chi connectivity index (χ0) is 17.6. The average molecular weight is 346 g/mol. The van der Waals surface area contributed by atoms with Gasteiger partial charge in [0.1, 0.15) is 12.2 Å². The van der Waals surface area contributed by atoms with Crippen LogP contribution in [0.4, 0.5) is 0 Å². The Morgan fingerprint density at radius 3 is 2.84 bits per heavy atom. The van der Waals surface area contributed by atoms with Gasteiger partial charge in [-0.05, 0) is 61.7 Å². The third-order valence-corrected chi connectivity index (χ3v) is 8.77. The van der Waals surface area contributed by atoms with Crippen molar-refractivity contribution in [2.24, 2.45) is 28.6 Å². The van der Waals surface area contributed by atoms with Gasteiger partial charge in [-0.3, -0.25) is 4.79 Å². The predicted octanol–water partition coefficient (Wildman–Crippen LogP) is 3.58. The molecule has 1 N–H and O–H groups in total. The molecule has 5 aliphatic rings. The Balaban J connectivity index is 1.42. The molecule has 0 unspecified atom stereocenters. The first kappa shape index (κ1) is 16.3. The number of rotatable bonds is 1. The molecule has 8 atom stereocenters. The van der Waals surface area contributed by atoms with Gasteiger partial charge in [0.2, 0.25) is 0 Å². The first-order valence-corrected chi connectivity index (χ1v) is 10.0. The van der Waals surface area contributed by atoms with Gasteiger partial charge in [-0.15, -0.1) is 0 Å². The van der Waals surface area contributed by atoms with Crippen molar-refractivity contribution in [2.45, 2.75) is 83.7 Å². The first-order valence-electron chi connectivity index (χ1n) is 10.0. The van der Waals surface area contributed by atoms with Gasteiger partial charge < -0.3 is 14.6 Å². The molecular weight excluding hydrogens is 316 g/mol. The summed E-state index contributed by atoms with van der Waals surface area (Å²) in [5.41, 5.74) is 1.71. The summed E-state index contributed by atoms with van der Waals surface area (Å²) < 4.78 is 11.2. The second kappa shape index (κ2) is 4.89. The summed E-state index contributed by atoms with van der Waals surface area (Å²) in [5, 5.41) is 10.8. The number of allylic oxidation sites excluding steroid dienone is 1. The van der Waals surface area contributed by atoms with Crippen LogP contribution in [0.2, 0.25) is 0 Å². The quantitative estimate of drug-likeness (QED) is 0.448. The van der Waals surface area contributed by atoms with Crippen molar-refractivity contribution in [3.8, 4) is 0 Å². The lowest BCUT2D eigenvalue weighted by Gasteiger charge is -2.58. The summed E-state index contributed by atoms with van der Waals surface area (Å²) in [4.78, 5) is 11.3. The first-order chi connectivity index (χ1) is 11.8. The maximum atomic E-state index is 11.3. The summed E-state index contributed by atoms with van der Waals surface area (Å²) in [7, 11) is 0. The van der Waals surface area contributed by atoms with Crippen LogP contribution in [0.3, 0.4) is 0 Å². The summed E-state index contributed by atoms with van der Waals surface area (Å²) in [6.45, 7) is 6.22. The van der Waals surface area contributed by atoms with Crippen LogP contribution in [0.15, 0.2) is 11.6 Å². The fourth-order valence-corrected chi connectivity index (χ4v) is 7.29. The molecule has 0 aromatic heterocycles. The topological polar surface area (TPSA) is 59.1 Å². The minimum Gasteiger partial charge on any atom is -0.462 e. The lowest BCUT2D eigenvalue weighted by molar-refractivity contribution is -0.155. The van der Waals surface area contributed by atoms with Crippen LogP contribution in [-0.4, -0.2) is 29.1 Å². The molecule has 0 amide bonds. The molecule has 1 aliphatic heterocycles. The lowest BCUT2D eigenvalue weighted by Crippen LogP contribution is -2.53. The Morgan fingerprint density at radius 1 is 1.28 bits per heavy atom. The van der Waals surface area contributed by atoms with E-state index in [1.54, 1.807) is 0 Å². The van der Waals surface area contributed by atoms with E-state index in [0.717, 1.165) is 38.5 Å². The molecule has 0 aromatic carbocycles. The summed E-state index contributed by atoms with van der Waals surface area (Å²) in [5.74, 6) is 0.953. The SMILES string of the molecule is CC(=O)O[C@@H]1CC[C@@]2(C)C(=CC[C@H]3[C@H]2CC[C@@]2(C)[C@H]3C[C@H]3O[C@]32O)C1. The molecule has 5 rings (SSSR count). The zero-order valence-corrected chi connectivity index (χ0v) is 15.6. The van der Waals surface area contributed by atoms with E-state index in [1.165, 1.54) is 18.9 Å². The predicted molar refractivity (Wildman–Crippen MR) is 92.5 cm³/mol. The molecule has 0 spiro atoms. The minimum atomic E-state index is -0.833. The Morgan fingerprint density at radius 2 is 2.08 bits per heavy atom. The highest BCUT2D eigenvalue weighted by Gasteiger charge is 2.77. The van der Waals surface area contributed by atoms with E-state index in [1.807, 2.05) is 0 Å². The van der Waals surface area contributed by atoms with Gasteiger partial charge in [0.05, 0.1) is 0 Å². The molecule has 138 valence electrons. The molecule has 0 aromatic rings. The molecule has 4 heteroatoms. The highest BCUT2D eigenvalue weighted by Crippen LogP contribution is 2.72. The third-order valence-electron chi connectivity index (χ3n) is 8.77. The van der Waals surface area contributed by atoms with Crippen LogP contribution in [0.5, 0.6) is 0 Å². The van der Waals surface area contributed by atoms with Crippen LogP contribution in [0.25, 0.3) is 0 Å². The number of hydrogen-bond acceptors (Lipinski definition) is 4. The Hall–Kier alpha value is -0.870. The zero-order valence-electron chi connectivity index (χ0n) is 15.6. The van der Waals surface area contributed by atoms with Gasteiger partial charge in [-0.1, -0.05) is 25.5 Å². The van der Waals surface area contributed by atoms with Crippen LogP contribution in [-0.2, 0) is 14.3 Å². The molecule has 1 saturated heterocycles. The molecule has 0 radical (unpaired) electrons. The van der Waals surface area contributed by atoms with Crippen molar-refractivity contribution in [2.75, 3.05) is 0 Å². The number of carbonyl (C=O) groups excluding carboxylic acids is 1. The van der Waals surface area contributed by atoms with E-state index in [9.17, 15) is 9.90 Å². The summed E-state index contributed by atoms with van der Waals surface area (Å²) in [6, 6.07) is 0. The van der Waals surface area contributed by atoms with Crippen molar-refractivity contribution in [1.82, 2.24) is 0 Å². The van der Waals surface area contributed by atoms with Gasteiger partial charge in [0.15, 0.2) is 5.79 Å². The highest BCUT2D eigenvalue weighted by molar-refractivity contribution is 5.66. The number of carbonyl (C=O) groups is 1. The molecule has 1 heterocycles. The maximum absolute atomic E-state index is 11.3. The largest absolute Gasteiger partial charge is 0.462 e. The molecule has 4 fully saturated rings. The Labute approximate surface area is 150 Å². The second-order valence-corrected chi connectivity index (χ2v) is 9.73. The monoisotopic (exact) mass is 346 g/mol. The summed E-state index contributed by atoms with van der Waals surface area (Å²) >= 11 is 0. The van der Waals surface area contributed by atoms with E-state index < -0.39 is 5.79 Å². The van der Waals surface area contributed by atoms with Crippen LogP contribution >= 0.6 is 0 Å². The van der Waals surface area contributed by atoms with Gasteiger partial charge in [0, 0.05) is 18.8 Å². The molecule has 3 saturated carbocycles. The second-order valence-electron chi connectivity index (χ2n) is 9.73. The van der Waals surface area contributed by atoms with Crippen molar-refractivity contribution >= 4 is 5.97 Å². The van der Waals surface area contributed by atoms with Crippen LogP contribution < -0.4 is 0 Å². The number of esters is 1. The van der Waals surface area contributed by atoms with Gasteiger partial charge in [-0.25, -0.2) is 0 Å². The number of epoxide rings is 1. The third kappa shape index (κ3) is 1.98. The van der Waals surface area contributed by atoms with E-state index in [-0.39, 0.29) is 29.0 Å². The maximum Gasteiger partial charge on any atom is 0.302 e. The lowest BCUT2D eigenvalue weighted by atomic mass is 9.47. The van der Waals surface area contributed by atoms with Crippen molar-refractivity contribution < 1.29 is 19.4 Å². The molecule has 0 bridgehead atoms. The fraction of sp³-hybridized carbons (Fsp3) is 0.857. The number of ether oxygens (including phenoxy) is 2. The minimum absolute atomic E-state index is 0.0600. The normalized spacial score (nSPS) is 56.0. The standard InChI is InChI=1S/C21H30O4/c1-12(22)24-14-6-8-19(2)13(10-14)4-5-15-16(19)7-9-20(3)17(15)11-18-21(20,23)25-18/h4,14-18,23H,5-11H2,1-3H3/t14-,15+,16-,17+,18-,19+,20+,21-/m1/s1. The van der Waals surface area contributed by atoms with E-state index in [2.05, 4.69) is 19.9 Å². The molecule has 4 nitrogen and oxygen atoms in total. The van der Waals surface area contributed by atoms with Crippen molar-refractivity contribution in [3.63, 3.8) is 0 Å². The van der Waals surface area contributed by atoms with E-state index in [0.29, 0.717) is 17.8 Å². The molecule has 25 heavy (non-hydrogen) atoms. The van der Waals surface area contributed by atoms with Crippen LogP contribution in [0.1, 0.15) is 65.7 Å².